The Morgan fingerprint density at radius 1 is 1.46 bits per heavy atom. The first-order valence-corrected chi connectivity index (χ1v) is 8.46. The van der Waals surface area contributed by atoms with Crippen molar-refractivity contribution < 1.29 is 14.3 Å². The number of aromatic nitrogens is 2. The molecule has 0 aliphatic carbocycles. The van der Waals surface area contributed by atoms with Crippen molar-refractivity contribution in [2.24, 2.45) is 12.8 Å². The Labute approximate surface area is 143 Å². The van der Waals surface area contributed by atoms with Gasteiger partial charge in [0.15, 0.2) is 6.61 Å². The van der Waals surface area contributed by atoms with E-state index in [0.717, 1.165) is 22.6 Å². The van der Waals surface area contributed by atoms with Gasteiger partial charge in [0.25, 0.3) is 5.91 Å². The maximum atomic E-state index is 12.0. The van der Waals surface area contributed by atoms with Gasteiger partial charge in [0.1, 0.15) is 11.6 Å². The van der Waals surface area contributed by atoms with Crippen LogP contribution in [0.15, 0.2) is 24.3 Å². The summed E-state index contributed by atoms with van der Waals surface area (Å²) >= 11 is 1.56. The number of amides is 2. The summed E-state index contributed by atoms with van der Waals surface area (Å²) in [5.74, 6) is 1.14. The molecule has 1 aromatic carbocycles. The van der Waals surface area contributed by atoms with Crippen LogP contribution in [0.5, 0.6) is 5.75 Å². The fraction of sp³-hybridized carbons (Fsp3) is 0.312. The molecule has 3 rings (SSSR count). The Morgan fingerprint density at radius 2 is 2.17 bits per heavy atom. The number of aryl methyl sites for hydroxylation is 2. The molecule has 1 aromatic heterocycles. The molecule has 1 aliphatic rings. The summed E-state index contributed by atoms with van der Waals surface area (Å²) in [5.41, 5.74) is 8.02. The van der Waals surface area contributed by atoms with E-state index in [9.17, 15) is 9.59 Å². The lowest BCUT2D eigenvalue weighted by atomic mass is 10.0. The second kappa shape index (κ2) is 6.56. The van der Waals surface area contributed by atoms with Gasteiger partial charge in [0, 0.05) is 12.6 Å². The number of rotatable bonds is 4. The second-order valence-corrected chi connectivity index (χ2v) is 6.63. The monoisotopic (exact) mass is 346 g/mol. The quantitative estimate of drug-likeness (QED) is 0.871. The van der Waals surface area contributed by atoms with Gasteiger partial charge < -0.3 is 15.8 Å². The standard InChI is InChI=1S/C16H18N4O3S/c1-9-14-15(24-8-13(22)18-16(14)20(2)19-9)10-3-5-11(6-4-10)23-7-12(17)21/h3-6,15H,7-8H2,1-2H3,(H2,17,21)(H,18,22). The number of anilines is 1. The van der Waals surface area contributed by atoms with Gasteiger partial charge in [-0.1, -0.05) is 12.1 Å². The van der Waals surface area contributed by atoms with E-state index in [1.54, 1.807) is 28.6 Å². The highest BCUT2D eigenvalue weighted by atomic mass is 32.2. The van der Waals surface area contributed by atoms with Crippen molar-refractivity contribution in [3.05, 3.63) is 41.1 Å². The molecule has 3 N–H and O–H groups in total. The number of hydrogen-bond acceptors (Lipinski definition) is 5. The van der Waals surface area contributed by atoms with Crippen LogP contribution in [0.1, 0.15) is 22.1 Å². The molecule has 0 radical (unpaired) electrons. The number of carbonyl (C=O) groups is 2. The summed E-state index contributed by atoms with van der Waals surface area (Å²) in [6.45, 7) is 1.79. The number of nitrogens with one attached hydrogen (secondary N) is 1. The van der Waals surface area contributed by atoms with Crippen LogP contribution in [0.2, 0.25) is 0 Å². The minimum absolute atomic E-state index is 0.00200. The van der Waals surface area contributed by atoms with Crippen molar-refractivity contribution in [2.75, 3.05) is 17.7 Å². The Bertz CT molecular complexity index is 785. The van der Waals surface area contributed by atoms with Gasteiger partial charge in [0.2, 0.25) is 5.91 Å². The van der Waals surface area contributed by atoms with Crippen LogP contribution in [0.3, 0.4) is 0 Å². The van der Waals surface area contributed by atoms with Gasteiger partial charge in [-0.25, -0.2) is 0 Å². The van der Waals surface area contributed by atoms with E-state index in [4.69, 9.17) is 10.5 Å². The van der Waals surface area contributed by atoms with Crippen molar-refractivity contribution in [1.82, 2.24) is 9.78 Å². The van der Waals surface area contributed by atoms with E-state index in [1.807, 2.05) is 26.1 Å². The summed E-state index contributed by atoms with van der Waals surface area (Å²) < 4.78 is 6.98. The zero-order chi connectivity index (χ0) is 17.3. The molecular weight excluding hydrogens is 328 g/mol. The van der Waals surface area contributed by atoms with Gasteiger partial charge in [-0.15, -0.1) is 11.8 Å². The molecule has 2 heterocycles. The first kappa shape index (κ1) is 16.4. The zero-order valence-electron chi connectivity index (χ0n) is 13.4. The third kappa shape index (κ3) is 3.23. The molecule has 0 fully saturated rings. The molecule has 0 spiro atoms. The molecule has 2 aromatic rings. The van der Waals surface area contributed by atoms with Crippen molar-refractivity contribution in [2.45, 2.75) is 12.2 Å². The summed E-state index contributed by atoms with van der Waals surface area (Å²) in [6, 6.07) is 7.45. The third-order valence-corrected chi connectivity index (χ3v) is 5.00. The lowest BCUT2D eigenvalue weighted by Gasteiger charge is -2.15. The summed E-state index contributed by atoms with van der Waals surface area (Å²) in [4.78, 5) is 22.7. The van der Waals surface area contributed by atoms with E-state index in [2.05, 4.69) is 10.4 Å². The first-order valence-electron chi connectivity index (χ1n) is 7.41. The van der Waals surface area contributed by atoms with E-state index in [-0.39, 0.29) is 17.8 Å². The predicted octanol–water partition coefficient (Wildman–Crippen LogP) is 1.37. The molecule has 1 aliphatic heterocycles. The highest BCUT2D eigenvalue weighted by Gasteiger charge is 2.29. The number of benzene rings is 1. The summed E-state index contributed by atoms with van der Waals surface area (Å²) in [5, 5.41) is 7.34. The predicted molar refractivity (Wildman–Crippen MR) is 92.0 cm³/mol. The Hall–Kier alpha value is -2.48. The van der Waals surface area contributed by atoms with Gasteiger partial charge in [-0.3, -0.25) is 14.3 Å². The van der Waals surface area contributed by atoms with E-state index < -0.39 is 5.91 Å². The molecule has 1 unspecified atom stereocenters. The minimum atomic E-state index is -0.515. The van der Waals surface area contributed by atoms with Crippen molar-refractivity contribution >= 4 is 29.4 Å². The highest BCUT2D eigenvalue weighted by Crippen LogP contribution is 2.43. The molecule has 8 heteroatoms. The maximum absolute atomic E-state index is 12.0. The molecule has 126 valence electrons. The van der Waals surface area contributed by atoms with E-state index in [0.29, 0.717) is 11.5 Å². The second-order valence-electron chi connectivity index (χ2n) is 5.53. The van der Waals surface area contributed by atoms with Crippen LogP contribution in [0.25, 0.3) is 0 Å². The number of thioether (sulfide) groups is 1. The molecule has 2 amide bonds. The lowest BCUT2D eigenvalue weighted by molar-refractivity contribution is -0.120. The van der Waals surface area contributed by atoms with Crippen LogP contribution in [-0.4, -0.2) is 34.0 Å². The minimum Gasteiger partial charge on any atom is -0.484 e. The van der Waals surface area contributed by atoms with Gasteiger partial charge in [-0.2, -0.15) is 5.10 Å². The van der Waals surface area contributed by atoms with Gasteiger partial charge in [-0.05, 0) is 24.6 Å². The van der Waals surface area contributed by atoms with Crippen molar-refractivity contribution in [1.29, 1.82) is 0 Å². The highest BCUT2D eigenvalue weighted by molar-refractivity contribution is 8.00. The number of hydrogen-bond donors (Lipinski definition) is 2. The molecule has 0 saturated heterocycles. The van der Waals surface area contributed by atoms with Crippen LogP contribution in [-0.2, 0) is 16.6 Å². The molecule has 7 nitrogen and oxygen atoms in total. The largest absolute Gasteiger partial charge is 0.484 e. The normalized spacial score (nSPS) is 16.9. The van der Waals surface area contributed by atoms with E-state index >= 15 is 0 Å². The molecule has 24 heavy (non-hydrogen) atoms. The fourth-order valence-electron chi connectivity index (χ4n) is 2.70. The summed E-state index contributed by atoms with van der Waals surface area (Å²) in [7, 11) is 1.82. The Kier molecular flexibility index (Phi) is 4.48. The number of nitrogens with two attached hydrogens (primary N) is 1. The van der Waals surface area contributed by atoms with E-state index in [1.165, 1.54) is 0 Å². The van der Waals surface area contributed by atoms with Crippen molar-refractivity contribution in [3.63, 3.8) is 0 Å². The van der Waals surface area contributed by atoms with Crippen molar-refractivity contribution in [3.8, 4) is 5.75 Å². The SMILES string of the molecule is Cc1nn(C)c2c1C(c1ccc(OCC(N)=O)cc1)SCC(=O)N2. The van der Waals surface area contributed by atoms with Gasteiger partial charge in [0.05, 0.1) is 16.7 Å². The number of ether oxygens (including phenoxy) is 1. The fourth-order valence-corrected chi connectivity index (χ4v) is 3.89. The number of fused-ring (bicyclic) bond motifs is 1. The average Bonchev–Trinajstić information content (AvgIpc) is 2.72. The van der Waals surface area contributed by atoms with Crippen LogP contribution < -0.4 is 15.8 Å². The molecular formula is C16H18N4O3S. The summed E-state index contributed by atoms with van der Waals surface area (Å²) in [6.07, 6.45) is 0. The molecule has 0 saturated carbocycles. The molecule has 0 bridgehead atoms. The zero-order valence-corrected chi connectivity index (χ0v) is 14.2. The Balaban J connectivity index is 1.91. The third-order valence-electron chi connectivity index (χ3n) is 3.73. The first-order chi connectivity index (χ1) is 11.5. The number of carbonyl (C=O) groups excluding carboxylic acids is 2. The average molecular weight is 346 g/mol. The number of primary amides is 1. The Morgan fingerprint density at radius 3 is 2.83 bits per heavy atom. The molecule has 1 atom stereocenters. The topological polar surface area (TPSA) is 99.2 Å². The van der Waals surface area contributed by atoms with Gasteiger partial charge >= 0.3 is 0 Å². The number of nitrogens with zero attached hydrogens (tertiary/aromatic N) is 2. The van der Waals surface area contributed by atoms with Crippen LogP contribution in [0.4, 0.5) is 5.82 Å². The van der Waals surface area contributed by atoms with Crippen LogP contribution >= 0.6 is 11.8 Å². The smallest absolute Gasteiger partial charge is 0.255 e. The van der Waals surface area contributed by atoms with Crippen LogP contribution in [0, 0.1) is 6.92 Å². The maximum Gasteiger partial charge on any atom is 0.255 e. The lowest BCUT2D eigenvalue weighted by Crippen LogP contribution is -2.19.